The number of aromatic amines is 1. The number of nitrogens with one attached hydrogen (secondary N) is 2. The van der Waals surface area contributed by atoms with Crippen molar-refractivity contribution in [2.75, 3.05) is 6.54 Å². The molecule has 3 rings (SSSR count). The van der Waals surface area contributed by atoms with Crippen LogP contribution in [0.5, 0.6) is 0 Å². The second kappa shape index (κ2) is 3.43. The lowest BCUT2D eigenvalue weighted by atomic mass is 9.89. The van der Waals surface area contributed by atoms with Crippen LogP contribution in [-0.4, -0.2) is 11.5 Å². The first kappa shape index (κ1) is 8.54. The van der Waals surface area contributed by atoms with E-state index in [1.165, 1.54) is 37.8 Å². The summed E-state index contributed by atoms with van der Waals surface area (Å²) in [7, 11) is 0. The van der Waals surface area contributed by atoms with Gasteiger partial charge in [0.1, 0.15) is 0 Å². The summed E-state index contributed by atoms with van der Waals surface area (Å²) in [6, 6.07) is 2.91. The Balaban J connectivity index is 1.88. The van der Waals surface area contributed by atoms with Gasteiger partial charge in [0.25, 0.3) is 0 Å². The van der Waals surface area contributed by atoms with E-state index in [9.17, 15) is 0 Å². The van der Waals surface area contributed by atoms with Gasteiger partial charge in [-0.3, -0.25) is 0 Å². The van der Waals surface area contributed by atoms with Gasteiger partial charge in [-0.1, -0.05) is 12.8 Å². The largest absolute Gasteiger partial charge is 0.365 e. The summed E-state index contributed by atoms with van der Waals surface area (Å²) < 4.78 is 0. The van der Waals surface area contributed by atoms with Gasteiger partial charge in [-0.2, -0.15) is 0 Å². The van der Waals surface area contributed by atoms with Gasteiger partial charge in [0.2, 0.25) is 0 Å². The van der Waals surface area contributed by atoms with Crippen LogP contribution in [0.4, 0.5) is 0 Å². The molecule has 1 aliphatic heterocycles. The molecule has 0 amide bonds. The number of aromatic nitrogens is 1. The highest BCUT2D eigenvalue weighted by molar-refractivity contribution is 5.28. The summed E-state index contributed by atoms with van der Waals surface area (Å²) in [6.07, 6.45) is 8.97. The average molecular weight is 190 g/mol. The van der Waals surface area contributed by atoms with E-state index < -0.39 is 0 Å². The number of rotatable bonds is 1. The van der Waals surface area contributed by atoms with Crippen LogP contribution in [-0.2, 0) is 6.42 Å². The van der Waals surface area contributed by atoms with Crippen molar-refractivity contribution in [2.45, 2.75) is 38.1 Å². The standard InChI is InChI=1S/C12H18N2/c1-2-4-9(3-1)12-10-5-7-13-11(10)6-8-14-12/h5,7,9,12-14H,1-4,6,8H2. The fourth-order valence-electron chi connectivity index (χ4n) is 3.10. The van der Waals surface area contributed by atoms with E-state index in [2.05, 4.69) is 22.6 Å². The van der Waals surface area contributed by atoms with E-state index in [-0.39, 0.29) is 0 Å². The molecule has 1 atom stereocenters. The van der Waals surface area contributed by atoms with Gasteiger partial charge < -0.3 is 10.3 Å². The molecule has 2 heterocycles. The van der Waals surface area contributed by atoms with Crippen molar-refractivity contribution in [3.05, 3.63) is 23.5 Å². The Hall–Kier alpha value is -0.760. The lowest BCUT2D eigenvalue weighted by molar-refractivity contribution is 0.354. The van der Waals surface area contributed by atoms with Crippen LogP contribution in [0.1, 0.15) is 43.0 Å². The Kier molecular flexibility index (Phi) is 2.09. The highest BCUT2D eigenvalue weighted by Crippen LogP contribution is 2.38. The molecule has 2 heteroatoms. The minimum absolute atomic E-state index is 0.646. The van der Waals surface area contributed by atoms with E-state index >= 15 is 0 Å². The van der Waals surface area contributed by atoms with E-state index in [4.69, 9.17) is 0 Å². The maximum Gasteiger partial charge on any atom is 0.0366 e. The third-order valence-corrected chi connectivity index (χ3v) is 3.81. The number of hydrogen-bond donors (Lipinski definition) is 2. The van der Waals surface area contributed by atoms with Gasteiger partial charge in [-0.05, 0) is 30.4 Å². The van der Waals surface area contributed by atoms with E-state index in [0.29, 0.717) is 6.04 Å². The van der Waals surface area contributed by atoms with E-state index in [1.54, 1.807) is 5.56 Å². The first-order chi connectivity index (χ1) is 6.95. The molecule has 2 aliphatic rings. The smallest absolute Gasteiger partial charge is 0.0366 e. The summed E-state index contributed by atoms with van der Waals surface area (Å²) >= 11 is 0. The molecule has 1 unspecified atom stereocenters. The monoisotopic (exact) mass is 190 g/mol. The summed E-state index contributed by atoms with van der Waals surface area (Å²) in [5, 5.41) is 3.68. The van der Waals surface area contributed by atoms with Gasteiger partial charge in [0, 0.05) is 30.9 Å². The van der Waals surface area contributed by atoms with Gasteiger partial charge in [-0.15, -0.1) is 0 Å². The summed E-state index contributed by atoms with van der Waals surface area (Å²) in [5.74, 6) is 0.893. The zero-order chi connectivity index (χ0) is 9.38. The van der Waals surface area contributed by atoms with Crippen molar-refractivity contribution in [1.82, 2.24) is 10.3 Å². The number of hydrogen-bond acceptors (Lipinski definition) is 1. The van der Waals surface area contributed by atoms with Gasteiger partial charge in [0.05, 0.1) is 0 Å². The van der Waals surface area contributed by atoms with Crippen molar-refractivity contribution < 1.29 is 0 Å². The molecular weight excluding hydrogens is 172 g/mol. The fourth-order valence-corrected chi connectivity index (χ4v) is 3.10. The minimum atomic E-state index is 0.646. The van der Waals surface area contributed by atoms with Crippen molar-refractivity contribution in [3.63, 3.8) is 0 Å². The molecule has 0 aromatic carbocycles. The Bertz CT molecular complexity index is 310. The third kappa shape index (κ3) is 1.29. The molecule has 0 spiro atoms. The molecule has 1 saturated carbocycles. The second-order valence-corrected chi connectivity index (χ2v) is 4.64. The van der Waals surface area contributed by atoms with Crippen LogP contribution in [0.25, 0.3) is 0 Å². The van der Waals surface area contributed by atoms with E-state index in [0.717, 1.165) is 12.5 Å². The predicted octanol–water partition coefficient (Wildman–Crippen LogP) is 2.39. The Morgan fingerprint density at radius 3 is 2.93 bits per heavy atom. The molecule has 76 valence electrons. The molecule has 1 aromatic heterocycles. The lowest BCUT2D eigenvalue weighted by Crippen LogP contribution is -2.33. The Morgan fingerprint density at radius 2 is 2.07 bits per heavy atom. The van der Waals surface area contributed by atoms with Gasteiger partial charge in [-0.25, -0.2) is 0 Å². The van der Waals surface area contributed by atoms with Crippen LogP contribution < -0.4 is 5.32 Å². The zero-order valence-corrected chi connectivity index (χ0v) is 8.55. The molecule has 0 radical (unpaired) electrons. The highest BCUT2D eigenvalue weighted by atomic mass is 14.9. The third-order valence-electron chi connectivity index (χ3n) is 3.81. The van der Waals surface area contributed by atoms with Crippen LogP contribution in [0.2, 0.25) is 0 Å². The molecule has 1 aliphatic carbocycles. The molecule has 2 nitrogen and oxygen atoms in total. The molecule has 14 heavy (non-hydrogen) atoms. The van der Waals surface area contributed by atoms with Crippen molar-refractivity contribution in [1.29, 1.82) is 0 Å². The Labute approximate surface area is 85.1 Å². The maximum atomic E-state index is 3.68. The number of fused-ring (bicyclic) bond motifs is 1. The average Bonchev–Trinajstić information content (AvgIpc) is 2.88. The first-order valence-corrected chi connectivity index (χ1v) is 5.84. The van der Waals surface area contributed by atoms with Crippen LogP contribution in [0, 0.1) is 5.92 Å². The van der Waals surface area contributed by atoms with Crippen LogP contribution in [0.3, 0.4) is 0 Å². The fraction of sp³-hybridized carbons (Fsp3) is 0.667. The molecule has 0 bridgehead atoms. The van der Waals surface area contributed by atoms with Crippen molar-refractivity contribution in [2.24, 2.45) is 5.92 Å². The van der Waals surface area contributed by atoms with E-state index in [1.807, 2.05) is 0 Å². The van der Waals surface area contributed by atoms with Crippen LogP contribution >= 0.6 is 0 Å². The van der Waals surface area contributed by atoms with Gasteiger partial charge in [0.15, 0.2) is 0 Å². The first-order valence-electron chi connectivity index (χ1n) is 5.84. The summed E-state index contributed by atoms with van der Waals surface area (Å²) in [4.78, 5) is 3.37. The predicted molar refractivity (Wildman–Crippen MR) is 57.2 cm³/mol. The summed E-state index contributed by atoms with van der Waals surface area (Å²) in [5.41, 5.74) is 3.02. The maximum absolute atomic E-state index is 3.68. The minimum Gasteiger partial charge on any atom is -0.365 e. The normalized spacial score (nSPS) is 27.9. The topological polar surface area (TPSA) is 27.8 Å². The molecule has 2 N–H and O–H groups in total. The molecule has 0 saturated heterocycles. The lowest BCUT2D eigenvalue weighted by Gasteiger charge is -2.29. The quantitative estimate of drug-likeness (QED) is 0.699. The highest BCUT2D eigenvalue weighted by Gasteiger charge is 2.29. The SMILES string of the molecule is c1cc2c([nH]1)CCNC2C1CCCC1. The Morgan fingerprint density at radius 1 is 1.21 bits per heavy atom. The molecular formula is C12H18N2. The molecule has 1 fully saturated rings. The van der Waals surface area contributed by atoms with Crippen LogP contribution in [0.15, 0.2) is 12.3 Å². The van der Waals surface area contributed by atoms with Crippen molar-refractivity contribution in [3.8, 4) is 0 Å². The zero-order valence-electron chi connectivity index (χ0n) is 8.55. The number of H-pyrrole nitrogens is 1. The van der Waals surface area contributed by atoms with Gasteiger partial charge >= 0.3 is 0 Å². The summed E-state index contributed by atoms with van der Waals surface area (Å²) in [6.45, 7) is 1.15. The van der Waals surface area contributed by atoms with Crippen molar-refractivity contribution >= 4 is 0 Å². The molecule has 1 aromatic rings. The second-order valence-electron chi connectivity index (χ2n) is 4.64.